The van der Waals surface area contributed by atoms with Gasteiger partial charge in [-0.15, -0.1) is 0 Å². The van der Waals surface area contributed by atoms with Gasteiger partial charge in [0.15, 0.2) is 0 Å². The van der Waals surface area contributed by atoms with E-state index in [9.17, 15) is 4.79 Å². The van der Waals surface area contributed by atoms with Crippen LogP contribution in [-0.2, 0) is 0 Å². The molecule has 1 aliphatic rings. The molecular formula is C10H21N3O. The van der Waals surface area contributed by atoms with Crippen molar-refractivity contribution in [2.24, 2.45) is 5.92 Å². The Hall–Kier alpha value is -0.770. The van der Waals surface area contributed by atoms with E-state index in [1.807, 2.05) is 11.9 Å². The van der Waals surface area contributed by atoms with Gasteiger partial charge in [0.2, 0.25) is 0 Å². The first-order valence-corrected chi connectivity index (χ1v) is 5.45. The highest BCUT2D eigenvalue weighted by Gasteiger charge is 2.24. The Morgan fingerprint density at radius 3 is 3.00 bits per heavy atom. The van der Waals surface area contributed by atoms with E-state index < -0.39 is 0 Å². The van der Waals surface area contributed by atoms with Gasteiger partial charge in [0.05, 0.1) is 0 Å². The van der Waals surface area contributed by atoms with Gasteiger partial charge in [-0.1, -0.05) is 6.92 Å². The number of nitrogens with one attached hydrogen (secondary N) is 2. The molecule has 1 aliphatic heterocycles. The fourth-order valence-corrected chi connectivity index (χ4v) is 1.82. The molecule has 1 heterocycles. The summed E-state index contributed by atoms with van der Waals surface area (Å²) in [6.45, 7) is 5.66. The number of likely N-dealkylation sites (tertiary alicyclic amines) is 1. The van der Waals surface area contributed by atoms with Crippen LogP contribution in [-0.4, -0.2) is 44.2 Å². The molecule has 2 amide bonds. The Labute approximate surface area is 86.0 Å². The van der Waals surface area contributed by atoms with Gasteiger partial charge in [0, 0.05) is 19.6 Å². The molecular weight excluding hydrogens is 178 g/mol. The van der Waals surface area contributed by atoms with E-state index in [1.165, 1.54) is 0 Å². The highest BCUT2D eigenvalue weighted by molar-refractivity contribution is 5.74. The molecule has 0 spiro atoms. The molecule has 1 atom stereocenters. The molecule has 2 N–H and O–H groups in total. The molecule has 0 aromatic heterocycles. The van der Waals surface area contributed by atoms with E-state index in [2.05, 4.69) is 17.6 Å². The average Bonchev–Trinajstić information content (AvgIpc) is 2.63. The highest BCUT2D eigenvalue weighted by atomic mass is 16.2. The van der Waals surface area contributed by atoms with Gasteiger partial charge in [-0.25, -0.2) is 4.79 Å². The van der Waals surface area contributed by atoms with Crippen LogP contribution in [0.1, 0.15) is 19.8 Å². The summed E-state index contributed by atoms with van der Waals surface area (Å²) >= 11 is 0. The predicted molar refractivity (Wildman–Crippen MR) is 57.3 cm³/mol. The van der Waals surface area contributed by atoms with Crippen molar-refractivity contribution in [2.45, 2.75) is 19.8 Å². The summed E-state index contributed by atoms with van der Waals surface area (Å²) in [5, 5.41) is 6.06. The van der Waals surface area contributed by atoms with Crippen LogP contribution in [0.3, 0.4) is 0 Å². The van der Waals surface area contributed by atoms with E-state index in [0.717, 1.165) is 39.0 Å². The number of rotatable bonds is 4. The lowest BCUT2D eigenvalue weighted by molar-refractivity contribution is 0.207. The fourth-order valence-electron chi connectivity index (χ4n) is 1.82. The Morgan fingerprint density at radius 1 is 1.57 bits per heavy atom. The first-order valence-electron chi connectivity index (χ1n) is 5.45. The minimum absolute atomic E-state index is 0.102. The van der Waals surface area contributed by atoms with E-state index >= 15 is 0 Å². The van der Waals surface area contributed by atoms with Crippen molar-refractivity contribution in [1.82, 2.24) is 15.5 Å². The molecule has 1 fully saturated rings. The highest BCUT2D eigenvalue weighted by Crippen LogP contribution is 2.14. The second kappa shape index (κ2) is 5.86. The fraction of sp³-hybridized carbons (Fsp3) is 0.900. The predicted octanol–water partition coefficient (Wildman–Crippen LogP) is 0.647. The summed E-state index contributed by atoms with van der Waals surface area (Å²) in [6, 6.07) is 0.102. The van der Waals surface area contributed by atoms with Gasteiger partial charge in [-0.2, -0.15) is 0 Å². The molecule has 1 unspecified atom stereocenters. The average molecular weight is 199 g/mol. The molecule has 4 nitrogen and oxygen atoms in total. The van der Waals surface area contributed by atoms with Crippen LogP contribution in [0.5, 0.6) is 0 Å². The molecule has 0 saturated carbocycles. The largest absolute Gasteiger partial charge is 0.338 e. The van der Waals surface area contributed by atoms with Gasteiger partial charge >= 0.3 is 6.03 Å². The second-order valence-electron chi connectivity index (χ2n) is 3.89. The van der Waals surface area contributed by atoms with E-state index in [1.54, 1.807) is 0 Å². The van der Waals surface area contributed by atoms with Crippen LogP contribution in [0.15, 0.2) is 0 Å². The summed E-state index contributed by atoms with van der Waals surface area (Å²) in [4.78, 5) is 13.5. The Morgan fingerprint density at radius 2 is 2.36 bits per heavy atom. The van der Waals surface area contributed by atoms with Crippen LogP contribution in [0.25, 0.3) is 0 Å². The van der Waals surface area contributed by atoms with Gasteiger partial charge in [0.1, 0.15) is 0 Å². The third kappa shape index (κ3) is 3.18. The standard InChI is InChI=1S/C10H21N3O/c1-3-5-12-10(14)13-6-4-9(8-13)7-11-2/h9,11H,3-8H2,1-2H3,(H,12,14). The monoisotopic (exact) mass is 199 g/mol. The van der Waals surface area contributed by atoms with Crippen LogP contribution in [0.4, 0.5) is 4.79 Å². The van der Waals surface area contributed by atoms with E-state index in [-0.39, 0.29) is 6.03 Å². The second-order valence-corrected chi connectivity index (χ2v) is 3.89. The molecule has 1 saturated heterocycles. The summed E-state index contributed by atoms with van der Waals surface area (Å²) in [6.07, 6.45) is 2.12. The molecule has 0 bridgehead atoms. The maximum atomic E-state index is 11.5. The Kier molecular flexibility index (Phi) is 4.73. The maximum Gasteiger partial charge on any atom is 0.317 e. The van der Waals surface area contributed by atoms with Crippen LogP contribution >= 0.6 is 0 Å². The number of urea groups is 1. The molecule has 14 heavy (non-hydrogen) atoms. The first-order chi connectivity index (χ1) is 6.77. The normalized spacial score (nSPS) is 21.3. The zero-order valence-corrected chi connectivity index (χ0v) is 9.18. The van der Waals surface area contributed by atoms with E-state index in [0.29, 0.717) is 5.92 Å². The van der Waals surface area contributed by atoms with Crippen LogP contribution < -0.4 is 10.6 Å². The smallest absolute Gasteiger partial charge is 0.317 e. The molecule has 1 rings (SSSR count). The van der Waals surface area contributed by atoms with Crippen molar-refractivity contribution >= 4 is 6.03 Å². The van der Waals surface area contributed by atoms with Gasteiger partial charge in [-0.05, 0) is 32.4 Å². The van der Waals surface area contributed by atoms with Gasteiger partial charge in [0.25, 0.3) is 0 Å². The third-order valence-electron chi connectivity index (χ3n) is 2.59. The lowest BCUT2D eigenvalue weighted by Gasteiger charge is -2.16. The van der Waals surface area contributed by atoms with Gasteiger partial charge < -0.3 is 15.5 Å². The first kappa shape index (κ1) is 11.3. The molecule has 0 aromatic carbocycles. The van der Waals surface area contributed by atoms with Crippen molar-refractivity contribution in [1.29, 1.82) is 0 Å². The summed E-state index contributed by atoms with van der Waals surface area (Å²) in [7, 11) is 1.96. The quantitative estimate of drug-likeness (QED) is 0.698. The number of hydrogen-bond donors (Lipinski definition) is 2. The lowest BCUT2D eigenvalue weighted by atomic mass is 10.1. The van der Waals surface area contributed by atoms with Crippen LogP contribution in [0.2, 0.25) is 0 Å². The van der Waals surface area contributed by atoms with Crippen molar-refractivity contribution < 1.29 is 4.79 Å². The number of carbonyl (C=O) groups excluding carboxylic acids is 1. The number of nitrogens with zero attached hydrogens (tertiary/aromatic N) is 1. The Balaban J connectivity index is 2.23. The van der Waals surface area contributed by atoms with Crippen molar-refractivity contribution in [3.05, 3.63) is 0 Å². The molecule has 82 valence electrons. The van der Waals surface area contributed by atoms with Crippen LogP contribution in [0, 0.1) is 5.92 Å². The zero-order chi connectivity index (χ0) is 10.4. The van der Waals surface area contributed by atoms with Gasteiger partial charge in [-0.3, -0.25) is 0 Å². The minimum Gasteiger partial charge on any atom is -0.338 e. The van der Waals surface area contributed by atoms with Crippen molar-refractivity contribution in [2.75, 3.05) is 33.2 Å². The SMILES string of the molecule is CCCNC(=O)N1CCC(CNC)C1. The Bertz CT molecular complexity index is 184. The number of hydrogen-bond acceptors (Lipinski definition) is 2. The number of carbonyl (C=O) groups is 1. The zero-order valence-electron chi connectivity index (χ0n) is 9.18. The summed E-state index contributed by atoms with van der Waals surface area (Å²) < 4.78 is 0. The summed E-state index contributed by atoms with van der Waals surface area (Å²) in [5.41, 5.74) is 0. The topological polar surface area (TPSA) is 44.4 Å². The molecule has 4 heteroatoms. The van der Waals surface area contributed by atoms with Crippen molar-refractivity contribution in [3.63, 3.8) is 0 Å². The molecule has 0 aliphatic carbocycles. The van der Waals surface area contributed by atoms with Crippen molar-refractivity contribution in [3.8, 4) is 0 Å². The molecule has 0 radical (unpaired) electrons. The van der Waals surface area contributed by atoms with E-state index in [4.69, 9.17) is 0 Å². The number of amides is 2. The third-order valence-corrected chi connectivity index (χ3v) is 2.59. The maximum absolute atomic E-state index is 11.5. The lowest BCUT2D eigenvalue weighted by Crippen LogP contribution is -2.39. The summed E-state index contributed by atoms with van der Waals surface area (Å²) in [5.74, 6) is 0.632. The molecule has 0 aromatic rings. The minimum atomic E-state index is 0.102.